The fraction of sp³-hybridized carbons (Fsp3) is 0.316. The quantitative estimate of drug-likeness (QED) is 0.624. The molecule has 0 aliphatic heterocycles. The molecule has 4 nitrogen and oxygen atoms in total. The molecule has 0 bridgehead atoms. The molecule has 0 aliphatic rings. The minimum absolute atomic E-state index is 0.000129. The van der Waals surface area contributed by atoms with Gasteiger partial charge in [0.25, 0.3) is 5.56 Å². The molecule has 0 amide bonds. The van der Waals surface area contributed by atoms with Gasteiger partial charge >= 0.3 is 0 Å². The Morgan fingerprint density at radius 2 is 1.80 bits per heavy atom. The van der Waals surface area contributed by atoms with E-state index < -0.39 is 0 Å². The maximum atomic E-state index is 12.7. The molecule has 0 saturated heterocycles. The second-order valence-corrected chi connectivity index (χ2v) is 7.36. The highest BCUT2D eigenvalue weighted by Crippen LogP contribution is 2.34. The molecule has 0 saturated carbocycles. The average molecular weight is 376 g/mol. The second-order valence-electron chi connectivity index (χ2n) is 6.51. The number of nitrogens with zero attached hydrogens (tertiary/aromatic N) is 3. The van der Waals surface area contributed by atoms with E-state index in [9.17, 15) is 4.79 Å². The molecule has 1 aromatic carbocycles. The normalized spacial score (nSPS) is 12.8. The summed E-state index contributed by atoms with van der Waals surface area (Å²) in [5.74, 6) is 0.285. The molecule has 0 spiro atoms. The molecular formula is C19H19Cl2N3O. The molecule has 0 aliphatic carbocycles. The monoisotopic (exact) mass is 375 g/mol. The third-order valence-corrected chi connectivity index (χ3v) is 5.08. The Morgan fingerprint density at radius 3 is 2.44 bits per heavy atom. The lowest BCUT2D eigenvalue weighted by Crippen LogP contribution is -2.29. The van der Waals surface area contributed by atoms with Gasteiger partial charge in [-0.05, 0) is 38.0 Å². The topological polar surface area (TPSA) is 47.8 Å². The molecule has 130 valence electrons. The molecule has 3 rings (SSSR count). The number of aromatic nitrogens is 3. The lowest BCUT2D eigenvalue weighted by atomic mass is 10.0. The van der Waals surface area contributed by atoms with E-state index in [1.54, 1.807) is 29.8 Å². The highest BCUT2D eigenvalue weighted by Gasteiger charge is 2.20. The number of pyridine rings is 1. The van der Waals surface area contributed by atoms with Crippen LogP contribution in [0.2, 0.25) is 10.0 Å². The first-order valence-corrected chi connectivity index (χ1v) is 8.90. The Labute approximate surface area is 156 Å². The summed E-state index contributed by atoms with van der Waals surface area (Å²) < 4.78 is 1.73. The van der Waals surface area contributed by atoms with Gasteiger partial charge in [0.05, 0.1) is 0 Å². The number of halogens is 2. The average Bonchev–Trinajstić information content (AvgIpc) is 2.55. The van der Waals surface area contributed by atoms with Crippen molar-refractivity contribution in [2.45, 2.75) is 33.7 Å². The van der Waals surface area contributed by atoms with Crippen LogP contribution >= 0.6 is 23.2 Å². The van der Waals surface area contributed by atoms with Crippen molar-refractivity contribution in [3.63, 3.8) is 0 Å². The Morgan fingerprint density at radius 1 is 1.08 bits per heavy atom. The third kappa shape index (κ3) is 3.16. The van der Waals surface area contributed by atoms with E-state index in [1.165, 1.54) is 0 Å². The number of hydrogen-bond acceptors (Lipinski definition) is 3. The van der Waals surface area contributed by atoms with Crippen LogP contribution in [0, 0.1) is 12.8 Å². The first kappa shape index (κ1) is 17.9. The number of benzene rings is 1. The van der Waals surface area contributed by atoms with Crippen LogP contribution in [0.5, 0.6) is 0 Å². The van der Waals surface area contributed by atoms with Gasteiger partial charge in [-0.25, -0.2) is 9.97 Å². The summed E-state index contributed by atoms with van der Waals surface area (Å²) in [6.07, 6.45) is 1.68. The molecule has 0 N–H and O–H groups in total. The molecule has 3 aromatic rings. The van der Waals surface area contributed by atoms with Crippen molar-refractivity contribution in [1.29, 1.82) is 0 Å². The van der Waals surface area contributed by atoms with Crippen molar-refractivity contribution >= 4 is 34.4 Å². The van der Waals surface area contributed by atoms with Crippen molar-refractivity contribution in [3.05, 3.63) is 56.6 Å². The van der Waals surface area contributed by atoms with Gasteiger partial charge in [0.1, 0.15) is 11.2 Å². The van der Waals surface area contributed by atoms with Gasteiger partial charge in [0.15, 0.2) is 5.65 Å². The first-order valence-electron chi connectivity index (χ1n) is 8.14. The number of rotatable bonds is 3. The van der Waals surface area contributed by atoms with Gasteiger partial charge in [0, 0.05) is 33.4 Å². The molecular weight excluding hydrogens is 357 g/mol. The highest BCUT2D eigenvalue weighted by molar-refractivity contribution is 6.36. The zero-order valence-electron chi connectivity index (χ0n) is 14.5. The van der Waals surface area contributed by atoms with Gasteiger partial charge in [-0.1, -0.05) is 43.1 Å². The van der Waals surface area contributed by atoms with Crippen molar-refractivity contribution in [2.75, 3.05) is 0 Å². The summed E-state index contributed by atoms with van der Waals surface area (Å²) in [6.45, 7) is 7.91. The Hall–Kier alpha value is -1.91. The standard InChI is InChI=1S/C19H19Cl2N3O/c1-10(2)12(4)24-18-17(23-11(3)19(24)25)15(7-8-22-18)14-6-5-13(20)9-16(14)21/h5-10,12H,1-4H3/t12-/m1/s1. The first-order chi connectivity index (χ1) is 11.8. The van der Waals surface area contributed by atoms with Crippen molar-refractivity contribution in [2.24, 2.45) is 5.92 Å². The molecule has 6 heteroatoms. The van der Waals surface area contributed by atoms with Crippen LogP contribution < -0.4 is 5.56 Å². The van der Waals surface area contributed by atoms with Crippen molar-refractivity contribution in [1.82, 2.24) is 14.5 Å². The van der Waals surface area contributed by atoms with E-state index in [0.717, 1.165) is 11.1 Å². The van der Waals surface area contributed by atoms with Crippen molar-refractivity contribution in [3.8, 4) is 11.1 Å². The summed E-state index contributed by atoms with van der Waals surface area (Å²) in [6, 6.07) is 7.20. The molecule has 2 heterocycles. The van der Waals surface area contributed by atoms with Crippen LogP contribution in [0.15, 0.2) is 35.3 Å². The fourth-order valence-corrected chi connectivity index (χ4v) is 3.33. The van der Waals surface area contributed by atoms with E-state index in [2.05, 4.69) is 23.8 Å². The van der Waals surface area contributed by atoms with E-state index in [1.807, 2.05) is 19.1 Å². The molecule has 0 radical (unpaired) electrons. The Kier molecular flexibility index (Phi) is 4.85. The van der Waals surface area contributed by atoms with Gasteiger partial charge in [-0.3, -0.25) is 9.36 Å². The minimum Gasteiger partial charge on any atom is -0.287 e. The Bertz CT molecular complexity index is 1010. The van der Waals surface area contributed by atoms with E-state index in [4.69, 9.17) is 23.2 Å². The van der Waals surface area contributed by atoms with Crippen molar-refractivity contribution < 1.29 is 0 Å². The molecule has 0 fully saturated rings. The van der Waals surface area contributed by atoms with Crippen LogP contribution in [0.3, 0.4) is 0 Å². The summed E-state index contributed by atoms with van der Waals surface area (Å²) in [5, 5.41) is 1.11. The molecule has 0 unspecified atom stereocenters. The molecule has 2 aromatic heterocycles. The van der Waals surface area contributed by atoms with Gasteiger partial charge in [-0.2, -0.15) is 0 Å². The summed E-state index contributed by atoms with van der Waals surface area (Å²) >= 11 is 12.4. The summed E-state index contributed by atoms with van der Waals surface area (Å²) in [5.41, 5.74) is 3.21. The third-order valence-electron chi connectivity index (χ3n) is 4.53. The maximum absolute atomic E-state index is 12.7. The van der Waals surface area contributed by atoms with E-state index in [-0.39, 0.29) is 17.5 Å². The maximum Gasteiger partial charge on any atom is 0.273 e. The minimum atomic E-state index is -0.111. The smallest absolute Gasteiger partial charge is 0.273 e. The van der Waals surface area contributed by atoms with Crippen LogP contribution in [-0.4, -0.2) is 14.5 Å². The van der Waals surface area contributed by atoms with Crippen LogP contribution in [-0.2, 0) is 0 Å². The predicted octanol–water partition coefficient (Wildman–Crippen LogP) is 5.29. The van der Waals surface area contributed by atoms with Gasteiger partial charge in [-0.15, -0.1) is 0 Å². The lowest BCUT2D eigenvalue weighted by Gasteiger charge is -2.21. The largest absolute Gasteiger partial charge is 0.287 e. The predicted molar refractivity (Wildman–Crippen MR) is 104 cm³/mol. The highest BCUT2D eigenvalue weighted by atomic mass is 35.5. The summed E-state index contributed by atoms with van der Waals surface area (Å²) in [4.78, 5) is 21.7. The van der Waals surface area contributed by atoms with E-state index >= 15 is 0 Å². The molecule has 1 atom stereocenters. The number of fused-ring (bicyclic) bond motifs is 1. The second kappa shape index (κ2) is 6.77. The zero-order chi connectivity index (χ0) is 18.3. The molecule has 25 heavy (non-hydrogen) atoms. The Balaban J connectivity index is 2.39. The van der Waals surface area contributed by atoms with Crippen LogP contribution in [0.4, 0.5) is 0 Å². The summed E-state index contributed by atoms with van der Waals surface area (Å²) in [7, 11) is 0. The fourth-order valence-electron chi connectivity index (χ4n) is 2.82. The van der Waals surface area contributed by atoms with E-state index in [0.29, 0.717) is 26.9 Å². The lowest BCUT2D eigenvalue weighted by molar-refractivity contribution is 0.405. The van der Waals surface area contributed by atoms with Crippen LogP contribution in [0.1, 0.15) is 32.5 Å². The number of hydrogen-bond donors (Lipinski definition) is 0. The van der Waals surface area contributed by atoms with Crippen LogP contribution in [0.25, 0.3) is 22.3 Å². The van der Waals surface area contributed by atoms with Gasteiger partial charge in [0.2, 0.25) is 0 Å². The SMILES string of the molecule is Cc1nc2c(-c3ccc(Cl)cc3Cl)ccnc2n([C@H](C)C(C)C)c1=O. The zero-order valence-corrected chi connectivity index (χ0v) is 16.1. The van der Waals surface area contributed by atoms with Gasteiger partial charge < -0.3 is 0 Å². The number of aryl methyl sites for hydroxylation is 1.